The van der Waals surface area contributed by atoms with E-state index in [1.54, 1.807) is 31.2 Å². The van der Waals surface area contributed by atoms with Crippen LogP contribution in [0.5, 0.6) is 17.2 Å². The molecule has 0 aliphatic rings. The van der Waals surface area contributed by atoms with Gasteiger partial charge in [-0.05, 0) is 31.2 Å². The molecule has 0 spiro atoms. The number of rotatable bonds is 3. The minimum atomic E-state index is -0.349. The molecule has 98 valence electrons. The molecule has 0 fully saturated rings. The number of ketones is 1. The Hall–Kier alpha value is -2.49. The second-order valence-corrected chi connectivity index (χ2v) is 4.14. The molecule has 4 heteroatoms. The predicted molar refractivity (Wildman–Crippen MR) is 70.9 cm³/mol. The molecule has 0 atom stereocenters. The maximum absolute atomic E-state index is 12.4. The van der Waals surface area contributed by atoms with E-state index in [0.717, 1.165) is 0 Å². The number of para-hydroxylation sites is 1. The van der Waals surface area contributed by atoms with Crippen molar-refractivity contribution < 1.29 is 19.7 Å². The summed E-state index contributed by atoms with van der Waals surface area (Å²) in [5.74, 6) is -0.166. The van der Waals surface area contributed by atoms with Gasteiger partial charge in [0.15, 0.2) is 5.78 Å². The van der Waals surface area contributed by atoms with E-state index in [-0.39, 0.29) is 28.4 Å². The molecule has 0 aromatic heterocycles. The van der Waals surface area contributed by atoms with Crippen LogP contribution in [0.25, 0.3) is 0 Å². The molecule has 2 rings (SSSR count). The average Bonchev–Trinajstić information content (AvgIpc) is 2.44. The van der Waals surface area contributed by atoms with Crippen molar-refractivity contribution in [1.82, 2.24) is 0 Å². The highest BCUT2D eigenvalue weighted by atomic mass is 16.5. The Morgan fingerprint density at radius 2 is 1.74 bits per heavy atom. The van der Waals surface area contributed by atoms with Crippen LogP contribution in [-0.2, 0) is 0 Å². The van der Waals surface area contributed by atoms with Gasteiger partial charge in [-0.15, -0.1) is 0 Å². The number of carbonyl (C=O) groups excluding carboxylic acids is 1. The highest BCUT2D eigenvalue weighted by Crippen LogP contribution is 2.32. The van der Waals surface area contributed by atoms with Crippen LogP contribution in [0.3, 0.4) is 0 Å². The van der Waals surface area contributed by atoms with E-state index in [2.05, 4.69) is 0 Å². The van der Waals surface area contributed by atoms with Gasteiger partial charge in [-0.1, -0.05) is 12.1 Å². The standard InChI is InChI=1S/C15H14O4/c1-9-12(16)8-7-11(14(9)17)15(18)10-5-3-4-6-13(10)19-2/h3-8,16-17H,1-2H3. The van der Waals surface area contributed by atoms with E-state index in [1.807, 2.05) is 0 Å². The van der Waals surface area contributed by atoms with Crippen LogP contribution in [0.15, 0.2) is 36.4 Å². The summed E-state index contributed by atoms with van der Waals surface area (Å²) in [6.45, 7) is 1.55. The number of phenols is 2. The summed E-state index contributed by atoms with van der Waals surface area (Å²) >= 11 is 0. The molecule has 0 bridgehead atoms. The van der Waals surface area contributed by atoms with Crippen LogP contribution in [0.1, 0.15) is 21.5 Å². The smallest absolute Gasteiger partial charge is 0.200 e. The Morgan fingerprint density at radius 3 is 2.42 bits per heavy atom. The number of aromatic hydroxyl groups is 2. The van der Waals surface area contributed by atoms with Crippen LogP contribution >= 0.6 is 0 Å². The molecule has 0 unspecified atom stereocenters. The molecule has 0 saturated carbocycles. The SMILES string of the molecule is COc1ccccc1C(=O)c1ccc(O)c(C)c1O. The van der Waals surface area contributed by atoms with Crippen molar-refractivity contribution in [2.24, 2.45) is 0 Å². The highest BCUT2D eigenvalue weighted by Gasteiger charge is 2.19. The van der Waals surface area contributed by atoms with E-state index in [9.17, 15) is 15.0 Å². The van der Waals surface area contributed by atoms with Gasteiger partial charge >= 0.3 is 0 Å². The van der Waals surface area contributed by atoms with Gasteiger partial charge in [0.25, 0.3) is 0 Å². The molecule has 0 aliphatic carbocycles. The molecule has 2 N–H and O–H groups in total. The van der Waals surface area contributed by atoms with E-state index < -0.39 is 0 Å². The number of benzene rings is 2. The van der Waals surface area contributed by atoms with Crippen LogP contribution in [0.4, 0.5) is 0 Å². The summed E-state index contributed by atoms with van der Waals surface area (Å²) in [4.78, 5) is 12.4. The van der Waals surface area contributed by atoms with E-state index in [4.69, 9.17) is 4.74 Å². The van der Waals surface area contributed by atoms with Gasteiger partial charge in [-0.2, -0.15) is 0 Å². The zero-order valence-corrected chi connectivity index (χ0v) is 10.7. The van der Waals surface area contributed by atoms with Crippen LogP contribution in [-0.4, -0.2) is 23.1 Å². The first kappa shape index (κ1) is 13.0. The monoisotopic (exact) mass is 258 g/mol. The third-order valence-corrected chi connectivity index (χ3v) is 3.00. The first-order chi connectivity index (χ1) is 9.06. The maximum atomic E-state index is 12.4. The van der Waals surface area contributed by atoms with Gasteiger partial charge in [-0.3, -0.25) is 4.79 Å². The van der Waals surface area contributed by atoms with Crippen LogP contribution in [0.2, 0.25) is 0 Å². The molecule has 0 heterocycles. The summed E-state index contributed by atoms with van der Waals surface area (Å²) in [6, 6.07) is 9.57. The molecule has 0 radical (unpaired) electrons. The Morgan fingerprint density at radius 1 is 1.05 bits per heavy atom. The van der Waals surface area contributed by atoms with Crippen molar-refractivity contribution in [3.63, 3.8) is 0 Å². The van der Waals surface area contributed by atoms with Crippen molar-refractivity contribution in [3.8, 4) is 17.2 Å². The van der Waals surface area contributed by atoms with E-state index in [0.29, 0.717) is 11.3 Å². The molecule has 0 aliphatic heterocycles. The van der Waals surface area contributed by atoms with Gasteiger partial charge in [0.1, 0.15) is 17.2 Å². The topological polar surface area (TPSA) is 66.8 Å². The lowest BCUT2D eigenvalue weighted by molar-refractivity contribution is 0.103. The lowest BCUT2D eigenvalue weighted by Crippen LogP contribution is -2.04. The Labute approximate surface area is 110 Å². The summed E-state index contributed by atoms with van der Waals surface area (Å²) in [7, 11) is 1.48. The van der Waals surface area contributed by atoms with Crippen molar-refractivity contribution >= 4 is 5.78 Å². The number of hydrogen-bond acceptors (Lipinski definition) is 4. The number of methoxy groups -OCH3 is 1. The second kappa shape index (κ2) is 5.02. The summed E-state index contributed by atoms with van der Waals surface area (Å²) in [5.41, 5.74) is 0.783. The normalized spacial score (nSPS) is 10.2. The van der Waals surface area contributed by atoms with Crippen molar-refractivity contribution in [2.45, 2.75) is 6.92 Å². The van der Waals surface area contributed by atoms with Crippen molar-refractivity contribution in [3.05, 3.63) is 53.1 Å². The first-order valence-electron chi connectivity index (χ1n) is 5.75. The Kier molecular flexibility index (Phi) is 3.42. The number of ether oxygens (including phenoxy) is 1. The zero-order chi connectivity index (χ0) is 14.0. The Balaban J connectivity index is 2.54. The van der Waals surface area contributed by atoms with Crippen molar-refractivity contribution in [1.29, 1.82) is 0 Å². The van der Waals surface area contributed by atoms with E-state index in [1.165, 1.54) is 19.2 Å². The molecule has 4 nitrogen and oxygen atoms in total. The number of phenolic OH excluding ortho intramolecular Hbond substituents is 2. The fourth-order valence-corrected chi connectivity index (χ4v) is 1.85. The fraction of sp³-hybridized carbons (Fsp3) is 0.133. The van der Waals surface area contributed by atoms with Gasteiger partial charge in [0, 0.05) is 5.56 Å². The maximum Gasteiger partial charge on any atom is 0.200 e. The molecular weight excluding hydrogens is 244 g/mol. The second-order valence-electron chi connectivity index (χ2n) is 4.14. The summed E-state index contributed by atoms with van der Waals surface area (Å²) < 4.78 is 5.13. The summed E-state index contributed by atoms with van der Waals surface area (Å²) in [5, 5.41) is 19.4. The lowest BCUT2D eigenvalue weighted by atomic mass is 9.99. The summed E-state index contributed by atoms with van der Waals surface area (Å²) in [6.07, 6.45) is 0. The van der Waals surface area contributed by atoms with Gasteiger partial charge in [-0.25, -0.2) is 0 Å². The van der Waals surface area contributed by atoms with Gasteiger partial charge < -0.3 is 14.9 Å². The minimum Gasteiger partial charge on any atom is -0.508 e. The third kappa shape index (κ3) is 2.25. The number of hydrogen-bond donors (Lipinski definition) is 2. The Bertz CT molecular complexity index is 632. The van der Waals surface area contributed by atoms with Gasteiger partial charge in [0.2, 0.25) is 0 Å². The third-order valence-electron chi connectivity index (χ3n) is 3.00. The predicted octanol–water partition coefficient (Wildman–Crippen LogP) is 2.65. The lowest BCUT2D eigenvalue weighted by Gasteiger charge is -2.10. The van der Waals surface area contributed by atoms with E-state index >= 15 is 0 Å². The quantitative estimate of drug-likeness (QED) is 0.830. The van der Waals surface area contributed by atoms with Crippen LogP contribution in [0, 0.1) is 6.92 Å². The van der Waals surface area contributed by atoms with Crippen LogP contribution < -0.4 is 4.74 Å². The molecule has 2 aromatic carbocycles. The fourth-order valence-electron chi connectivity index (χ4n) is 1.85. The average molecular weight is 258 g/mol. The first-order valence-corrected chi connectivity index (χ1v) is 5.75. The largest absolute Gasteiger partial charge is 0.508 e. The molecule has 2 aromatic rings. The minimum absolute atomic E-state index is 0.0472. The molecule has 19 heavy (non-hydrogen) atoms. The molecule has 0 saturated heterocycles. The molecular formula is C15H14O4. The molecule has 0 amide bonds. The van der Waals surface area contributed by atoms with Gasteiger partial charge in [0.05, 0.1) is 18.2 Å². The number of carbonyl (C=O) groups is 1. The van der Waals surface area contributed by atoms with Crippen molar-refractivity contribution in [2.75, 3.05) is 7.11 Å². The highest BCUT2D eigenvalue weighted by molar-refractivity contribution is 6.12. The zero-order valence-electron chi connectivity index (χ0n) is 10.7.